The number of aromatic nitrogens is 2. The number of rotatable bonds is 1. The Morgan fingerprint density at radius 2 is 2.14 bits per heavy atom. The summed E-state index contributed by atoms with van der Waals surface area (Å²) < 4.78 is 23.6. The van der Waals surface area contributed by atoms with Crippen LogP contribution in [0.15, 0.2) is 29.4 Å². The third kappa shape index (κ3) is 1.47. The molecule has 0 aliphatic heterocycles. The molecule has 0 bridgehead atoms. The van der Waals surface area contributed by atoms with Crippen molar-refractivity contribution in [1.82, 2.24) is 9.38 Å². The monoisotopic (exact) mass is 252 g/mol. The number of fused-ring (bicyclic) bond motifs is 1. The van der Waals surface area contributed by atoms with E-state index in [1.54, 1.807) is 18.2 Å². The first-order valence-corrected chi connectivity index (χ1v) is 6.26. The molecule has 4 nitrogen and oxygen atoms in total. The van der Waals surface area contributed by atoms with E-state index in [1.807, 2.05) is 0 Å². The summed E-state index contributed by atoms with van der Waals surface area (Å²) in [5.41, 5.74) is 0.441. The van der Waals surface area contributed by atoms with Crippen LogP contribution in [0.1, 0.15) is 0 Å². The molecule has 0 spiro atoms. The van der Waals surface area contributed by atoms with E-state index >= 15 is 0 Å². The van der Waals surface area contributed by atoms with E-state index in [9.17, 15) is 8.42 Å². The normalized spacial score (nSPS) is 12.1. The predicted octanol–water partition coefficient (Wildman–Crippen LogP) is 1.92. The van der Waals surface area contributed by atoms with Crippen LogP contribution >= 0.6 is 22.3 Å². The lowest BCUT2D eigenvalue weighted by atomic mass is 10.5. The molecular formula is C7H4Cl2N2O2S. The average Bonchev–Trinajstić information content (AvgIpc) is 2.38. The predicted molar refractivity (Wildman–Crippen MR) is 53.2 cm³/mol. The number of imidazole rings is 1. The van der Waals surface area contributed by atoms with E-state index in [-0.39, 0.29) is 10.2 Å². The summed E-state index contributed by atoms with van der Waals surface area (Å²) in [5, 5.41) is -0.317. The third-order valence-corrected chi connectivity index (χ3v) is 3.34. The maximum Gasteiger partial charge on any atom is 0.280 e. The molecule has 0 aliphatic rings. The molecule has 0 aliphatic carbocycles. The fourth-order valence-electron chi connectivity index (χ4n) is 1.16. The van der Waals surface area contributed by atoms with Crippen molar-refractivity contribution >= 4 is 37.0 Å². The molecule has 0 atom stereocenters. The molecule has 0 unspecified atom stereocenters. The fourth-order valence-corrected chi connectivity index (χ4v) is 2.84. The summed E-state index contributed by atoms with van der Waals surface area (Å²) >= 11 is 5.66. The lowest BCUT2D eigenvalue weighted by Crippen LogP contribution is -1.96. The van der Waals surface area contributed by atoms with Gasteiger partial charge in [-0.25, -0.2) is 13.4 Å². The molecule has 7 heteroatoms. The first-order valence-electron chi connectivity index (χ1n) is 3.57. The SMILES string of the molecule is O=S(=O)(Cl)[14c]1c(Cl)nc2ccccn21. The molecule has 0 fully saturated rings. The van der Waals surface area contributed by atoms with Crippen molar-refractivity contribution in [2.45, 2.75) is 5.03 Å². The van der Waals surface area contributed by atoms with Gasteiger partial charge < -0.3 is 0 Å². The van der Waals surface area contributed by atoms with E-state index in [0.717, 1.165) is 0 Å². The third-order valence-electron chi connectivity index (χ3n) is 1.68. The molecule has 14 heavy (non-hydrogen) atoms. The van der Waals surface area contributed by atoms with Crippen molar-refractivity contribution in [2.24, 2.45) is 0 Å². The standard InChI is InChI=1S/C7H4Cl2N2O2S/c8-6-7(14(9,12)13)11-4-2-1-3-5(11)10-6/h1-4H/i7+2. The number of hydrogen-bond donors (Lipinski definition) is 0. The van der Waals surface area contributed by atoms with E-state index in [1.165, 1.54) is 10.6 Å². The van der Waals surface area contributed by atoms with Gasteiger partial charge in [-0.05, 0) is 12.1 Å². The van der Waals surface area contributed by atoms with Crippen LogP contribution < -0.4 is 0 Å². The van der Waals surface area contributed by atoms with Gasteiger partial charge >= 0.3 is 0 Å². The van der Waals surface area contributed by atoms with Gasteiger partial charge in [0.1, 0.15) is 5.65 Å². The van der Waals surface area contributed by atoms with Crippen LogP contribution in [0.25, 0.3) is 5.65 Å². The first-order chi connectivity index (χ1) is 6.50. The van der Waals surface area contributed by atoms with Crippen molar-refractivity contribution in [3.8, 4) is 0 Å². The summed E-state index contributed by atoms with van der Waals surface area (Å²) in [6, 6.07) is 5.03. The van der Waals surface area contributed by atoms with Gasteiger partial charge in [0, 0.05) is 16.9 Å². The van der Waals surface area contributed by atoms with Crippen molar-refractivity contribution in [1.29, 1.82) is 0 Å². The Labute approximate surface area is 89.5 Å². The molecule has 2 aromatic rings. The second-order valence-electron chi connectivity index (χ2n) is 2.57. The molecule has 0 saturated carbocycles. The highest BCUT2D eigenvalue weighted by molar-refractivity contribution is 8.13. The molecule has 0 N–H and O–H groups in total. The highest BCUT2D eigenvalue weighted by Gasteiger charge is 2.21. The Kier molecular flexibility index (Phi) is 2.17. The average molecular weight is 253 g/mol. The van der Waals surface area contributed by atoms with Crippen LogP contribution in [0.5, 0.6) is 0 Å². The largest absolute Gasteiger partial charge is 0.288 e. The van der Waals surface area contributed by atoms with Crippen LogP contribution in [0.2, 0.25) is 5.15 Å². The highest BCUT2D eigenvalue weighted by atomic mass is 35.7. The number of nitrogens with zero attached hydrogens (tertiary/aromatic N) is 2. The second kappa shape index (κ2) is 3.12. The first kappa shape index (κ1) is 9.76. The van der Waals surface area contributed by atoms with Gasteiger partial charge in [-0.3, -0.25) is 4.40 Å². The lowest BCUT2D eigenvalue weighted by Gasteiger charge is -1.95. The molecule has 2 aromatic heterocycles. The van der Waals surface area contributed by atoms with E-state index < -0.39 is 9.05 Å². The summed E-state index contributed by atoms with van der Waals surface area (Å²) in [7, 11) is 1.34. The van der Waals surface area contributed by atoms with E-state index in [2.05, 4.69) is 4.98 Å². The van der Waals surface area contributed by atoms with Crippen molar-refractivity contribution in [2.75, 3.05) is 0 Å². The molecule has 0 saturated heterocycles. The summed E-state index contributed by atoms with van der Waals surface area (Å²) in [4.78, 5) is 3.84. The van der Waals surface area contributed by atoms with Crippen LogP contribution in [0.3, 0.4) is 0 Å². The van der Waals surface area contributed by atoms with Crippen molar-refractivity contribution < 1.29 is 8.42 Å². The molecule has 2 rings (SSSR count). The smallest absolute Gasteiger partial charge is 0.280 e. The van der Waals surface area contributed by atoms with Crippen LogP contribution in [0, 0.1) is 0 Å². The second-order valence-corrected chi connectivity index (χ2v) is 5.41. The summed E-state index contributed by atoms with van der Waals surface area (Å²) in [6.07, 6.45) is 1.53. The van der Waals surface area contributed by atoms with Gasteiger partial charge in [0.2, 0.25) is 0 Å². The Bertz CT molecular complexity index is 591. The minimum Gasteiger partial charge on any atom is -0.288 e. The quantitative estimate of drug-likeness (QED) is 0.729. The van der Waals surface area contributed by atoms with Crippen molar-refractivity contribution in [3.63, 3.8) is 0 Å². The highest BCUT2D eigenvalue weighted by Crippen LogP contribution is 2.25. The summed E-state index contributed by atoms with van der Waals surface area (Å²) in [5.74, 6) is 0. The summed E-state index contributed by atoms with van der Waals surface area (Å²) in [6.45, 7) is 0. The van der Waals surface area contributed by atoms with Crippen LogP contribution in [-0.4, -0.2) is 17.8 Å². The maximum atomic E-state index is 11.1. The molecule has 0 aromatic carbocycles. The minimum absolute atomic E-state index is 0.119. The number of pyridine rings is 1. The Morgan fingerprint density at radius 3 is 2.79 bits per heavy atom. The molecular weight excluding hydrogens is 249 g/mol. The van der Waals surface area contributed by atoms with Crippen LogP contribution in [-0.2, 0) is 9.05 Å². The zero-order chi connectivity index (χ0) is 10.3. The fraction of sp³-hybridized carbons (Fsp3) is 0. The van der Waals surface area contributed by atoms with E-state index in [0.29, 0.717) is 5.65 Å². The number of hydrogen-bond acceptors (Lipinski definition) is 3. The Morgan fingerprint density at radius 1 is 1.43 bits per heavy atom. The zero-order valence-corrected chi connectivity index (χ0v) is 9.01. The maximum absolute atomic E-state index is 11.1. The van der Waals surface area contributed by atoms with Crippen molar-refractivity contribution in [3.05, 3.63) is 29.5 Å². The van der Waals surface area contributed by atoms with Gasteiger partial charge in [-0.2, -0.15) is 0 Å². The van der Waals surface area contributed by atoms with Gasteiger partial charge in [-0.1, -0.05) is 17.7 Å². The van der Waals surface area contributed by atoms with Crippen LogP contribution in [0.4, 0.5) is 0 Å². The Hall–Kier alpha value is -0.780. The topological polar surface area (TPSA) is 51.4 Å². The van der Waals surface area contributed by atoms with Gasteiger partial charge in [0.25, 0.3) is 9.05 Å². The zero-order valence-electron chi connectivity index (χ0n) is 6.68. The molecule has 2 heterocycles. The Balaban J connectivity index is 2.95. The minimum atomic E-state index is -3.88. The van der Waals surface area contributed by atoms with Gasteiger partial charge in [0.15, 0.2) is 10.2 Å². The molecule has 0 amide bonds. The van der Waals surface area contributed by atoms with Gasteiger partial charge in [-0.15, -0.1) is 0 Å². The van der Waals surface area contributed by atoms with Gasteiger partial charge in [0.05, 0.1) is 0 Å². The number of halogens is 2. The van der Waals surface area contributed by atoms with E-state index in [4.69, 9.17) is 22.3 Å². The molecule has 0 radical (unpaired) electrons. The lowest BCUT2D eigenvalue weighted by molar-refractivity contribution is 0.605. The molecule has 74 valence electrons.